The molecule has 0 radical (unpaired) electrons. The molecule has 1 aliphatic heterocycles. The summed E-state index contributed by atoms with van der Waals surface area (Å²) >= 11 is 0. The molecule has 7 heteroatoms. The monoisotopic (exact) mass is 373 g/mol. The van der Waals surface area contributed by atoms with Gasteiger partial charge in [-0.1, -0.05) is 12.1 Å². The van der Waals surface area contributed by atoms with Crippen molar-refractivity contribution < 1.29 is 9.53 Å². The van der Waals surface area contributed by atoms with Gasteiger partial charge < -0.3 is 10.1 Å². The third-order valence-corrected chi connectivity index (χ3v) is 4.95. The van der Waals surface area contributed by atoms with E-state index in [1.165, 1.54) is 5.56 Å². The normalized spacial score (nSPS) is 12.5. The Morgan fingerprint density at radius 3 is 2.93 bits per heavy atom. The summed E-state index contributed by atoms with van der Waals surface area (Å²) in [5.41, 5.74) is 5.53. The van der Waals surface area contributed by atoms with Gasteiger partial charge in [0.25, 0.3) is 0 Å². The van der Waals surface area contributed by atoms with Gasteiger partial charge in [0.05, 0.1) is 5.56 Å². The molecule has 0 saturated carbocycles. The summed E-state index contributed by atoms with van der Waals surface area (Å²) in [5, 5.41) is 12.3. The molecule has 7 nitrogen and oxygen atoms in total. The number of cyclic esters (lactones) is 1. The SMILES string of the molecule is Cc1c(CCNCc2ccc(-n3cnc(C#N)c3)nc2)ccc2c1COC2=O. The number of nitriles is 1. The fourth-order valence-electron chi connectivity index (χ4n) is 3.30. The molecular formula is C21H19N5O2. The van der Waals surface area contributed by atoms with Crippen molar-refractivity contribution in [3.05, 3.63) is 76.5 Å². The number of nitrogens with one attached hydrogen (secondary N) is 1. The lowest BCUT2D eigenvalue weighted by Crippen LogP contribution is -2.17. The van der Waals surface area contributed by atoms with Crippen LogP contribution >= 0.6 is 0 Å². The van der Waals surface area contributed by atoms with Crippen LogP contribution in [0.3, 0.4) is 0 Å². The first-order valence-corrected chi connectivity index (χ1v) is 9.04. The number of carbonyl (C=O) groups is 1. The molecule has 3 heterocycles. The average molecular weight is 373 g/mol. The smallest absolute Gasteiger partial charge is 0.338 e. The van der Waals surface area contributed by atoms with E-state index < -0.39 is 0 Å². The van der Waals surface area contributed by atoms with E-state index in [-0.39, 0.29) is 5.97 Å². The molecular weight excluding hydrogens is 354 g/mol. The van der Waals surface area contributed by atoms with E-state index in [2.05, 4.69) is 15.3 Å². The second-order valence-electron chi connectivity index (χ2n) is 6.68. The number of nitrogens with zero attached hydrogens (tertiary/aromatic N) is 4. The van der Waals surface area contributed by atoms with E-state index in [0.717, 1.165) is 35.5 Å². The average Bonchev–Trinajstić information content (AvgIpc) is 3.35. The Kier molecular flexibility index (Phi) is 4.87. The van der Waals surface area contributed by atoms with Crippen LogP contribution in [0.4, 0.5) is 0 Å². The van der Waals surface area contributed by atoms with Crippen LogP contribution in [0.1, 0.15) is 38.3 Å². The Balaban J connectivity index is 1.31. The summed E-state index contributed by atoms with van der Waals surface area (Å²) < 4.78 is 6.83. The van der Waals surface area contributed by atoms with Crippen LogP contribution in [0.25, 0.3) is 5.82 Å². The van der Waals surface area contributed by atoms with Crippen LogP contribution < -0.4 is 5.32 Å². The molecule has 1 aromatic carbocycles. The molecule has 0 amide bonds. The Bertz CT molecular complexity index is 1060. The maximum absolute atomic E-state index is 11.6. The van der Waals surface area contributed by atoms with Crippen molar-refractivity contribution in [2.24, 2.45) is 0 Å². The van der Waals surface area contributed by atoms with Crippen LogP contribution in [0.5, 0.6) is 0 Å². The molecule has 0 bridgehead atoms. The summed E-state index contributed by atoms with van der Waals surface area (Å²) in [4.78, 5) is 20.0. The number of fused-ring (bicyclic) bond motifs is 1. The molecule has 1 aliphatic rings. The van der Waals surface area contributed by atoms with Gasteiger partial charge in [0.2, 0.25) is 0 Å². The van der Waals surface area contributed by atoms with E-state index >= 15 is 0 Å². The predicted molar refractivity (Wildman–Crippen MR) is 102 cm³/mol. The molecule has 1 N–H and O–H groups in total. The first kappa shape index (κ1) is 17.9. The van der Waals surface area contributed by atoms with Crippen LogP contribution in [0.15, 0.2) is 43.0 Å². The van der Waals surface area contributed by atoms with Gasteiger partial charge in [-0.25, -0.2) is 14.8 Å². The molecule has 3 aromatic rings. The lowest BCUT2D eigenvalue weighted by molar-refractivity contribution is 0.0535. The molecule has 28 heavy (non-hydrogen) atoms. The zero-order valence-corrected chi connectivity index (χ0v) is 15.5. The number of carbonyl (C=O) groups excluding carboxylic acids is 1. The number of esters is 1. The number of aromatic nitrogens is 3. The van der Waals surface area contributed by atoms with Crippen LogP contribution in [-0.2, 0) is 24.3 Å². The molecule has 4 rings (SSSR count). The van der Waals surface area contributed by atoms with E-state index in [4.69, 9.17) is 10.00 Å². The zero-order valence-electron chi connectivity index (χ0n) is 15.5. The van der Waals surface area contributed by atoms with Gasteiger partial charge in [0.1, 0.15) is 24.8 Å². The molecule has 0 aliphatic carbocycles. The van der Waals surface area contributed by atoms with E-state index in [1.54, 1.807) is 17.1 Å². The molecule has 0 fully saturated rings. The summed E-state index contributed by atoms with van der Waals surface area (Å²) in [6.07, 6.45) is 5.93. The molecule has 0 unspecified atom stereocenters. The van der Waals surface area contributed by atoms with Gasteiger partial charge in [0.15, 0.2) is 5.69 Å². The van der Waals surface area contributed by atoms with Crippen LogP contribution in [-0.4, -0.2) is 27.0 Å². The minimum Gasteiger partial charge on any atom is -0.457 e. The number of hydrogen-bond acceptors (Lipinski definition) is 6. The highest BCUT2D eigenvalue weighted by atomic mass is 16.5. The summed E-state index contributed by atoms with van der Waals surface area (Å²) in [6, 6.07) is 9.79. The van der Waals surface area contributed by atoms with Gasteiger partial charge >= 0.3 is 5.97 Å². The van der Waals surface area contributed by atoms with Crippen molar-refractivity contribution >= 4 is 5.97 Å². The van der Waals surface area contributed by atoms with Crippen molar-refractivity contribution in [2.45, 2.75) is 26.5 Å². The molecule has 0 saturated heterocycles. The molecule has 0 spiro atoms. The Morgan fingerprint density at radius 2 is 2.18 bits per heavy atom. The topological polar surface area (TPSA) is 92.8 Å². The maximum atomic E-state index is 11.6. The Morgan fingerprint density at radius 1 is 1.29 bits per heavy atom. The summed E-state index contributed by atoms with van der Waals surface area (Å²) in [6.45, 7) is 3.97. The second-order valence-corrected chi connectivity index (χ2v) is 6.68. The fourth-order valence-corrected chi connectivity index (χ4v) is 3.30. The van der Waals surface area contributed by atoms with Crippen molar-refractivity contribution in [3.8, 4) is 11.9 Å². The first-order chi connectivity index (χ1) is 13.7. The number of ether oxygens (including phenoxy) is 1. The highest BCUT2D eigenvalue weighted by Gasteiger charge is 2.23. The third-order valence-electron chi connectivity index (χ3n) is 4.95. The minimum atomic E-state index is -0.224. The largest absolute Gasteiger partial charge is 0.457 e. The van der Waals surface area contributed by atoms with E-state index in [0.29, 0.717) is 24.4 Å². The standard InChI is InChI=1S/C21H19N5O2/c1-14-16(3-4-18-19(14)12-28-21(18)27)6-7-23-9-15-2-5-20(24-10-15)26-11-17(8-22)25-13-26/h2-5,10-11,13,23H,6-7,9,12H2,1H3. The lowest BCUT2D eigenvalue weighted by Gasteiger charge is -2.10. The van der Waals surface area contributed by atoms with E-state index in [1.807, 2.05) is 43.5 Å². The summed E-state index contributed by atoms with van der Waals surface area (Å²) in [5.74, 6) is 0.501. The van der Waals surface area contributed by atoms with Crippen molar-refractivity contribution in [3.63, 3.8) is 0 Å². The minimum absolute atomic E-state index is 0.224. The Labute approximate surface area is 162 Å². The van der Waals surface area contributed by atoms with Gasteiger partial charge in [-0.15, -0.1) is 0 Å². The van der Waals surface area contributed by atoms with Crippen molar-refractivity contribution in [1.82, 2.24) is 19.9 Å². The Hall–Kier alpha value is -3.50. The zero-order chi connectivity index (χ0) is 19.5. The number of imidazole rings is 1. The summed E-state index contributed by atoms with van der Waals surface area (Å²) in [7, 11) is 0. The van der Waals surface area contributed by atoms with Crippen LogP contribution in [0, 0.1) is 18.3 Å². The highest BCUT2D eigenvalue weighted by molar-refractivity contribution is 5.93. The molecule has 0 atom stereocenters. The number of rotatable bonds is 6. The quantitative estimate of drug-likeness (QED) is 0.527. The number of benzene rings is 1. The number of hydrogen-bond donors (Lipinski definition) is 1. The third kappa shape index (κ3) is 3.50. The van der Waals surface area contributed by atoms with Crippen LogP contribution in [0.2, 0.25) is 0 Å². The van der Waals surface area contributed by atoms with Gasteiger partial charge in [-0.05, 0) is 48.7 Å². The highest BCUT2D eigenvalue weighted by Crippen LogP contribution is 2.26. The van der Waals surface area contributed by atoms with Gasteiger partial charge in [0, 0.05) is 24.5 Å². The van der Waals surface area contributed by atoms with Crippen molar-refractivity contribution in [1.29, 1.82) is 5.26 Å². The molecule has 2 aromatic heterocycles. The lowest BCUT2D eigenvalue weighted by atomic mass is 9.97. The first-order valence-electron chi connectivity index (χ1n) is 9.04. The second kappa shape index (κ2) is 7.62. The van der Waals surface area contributed by atoms with E-state index in [9.17, 15) is 4.79 Å². The predicted octanol–water partition coefficient (Wildman–Crippen LogP) is 2.45. The van der Waals surface area contributed by atoms with Crippen molar-refractivity contribution in [2.75, 3.05) is 6.54 Å². The maximum Gasteiger partial charge on any atom is 0.338 e. The van der Waals surface area contributed by atoms with Gasteiger partial charge in [-0.3, -0.25) is 4.57 Å². The number of pyridine rings is 1. The van der Waals surface area contributed by atoms with Gasteiger partial charge in [-0.2, -0.15) is 5.26 Å². The molecule has 140 valence electrons. The fraction of sp³-hybridized carbons (Fsp3) is 0.238.